The fraction of sp³-hybridized carbons (Fsp3) is 0.200. The first-order valence-corrected chi connectivity index (χ1v) is 16.1. The molecule has 0 saturated heterocycles. The van der Waals surface area contributed by atoms with Crippen LogP contribution in [0.3, 0.4) is 0 Å². The lowest BCUT2D eigenvalue weighted by Gasteiger charge is -2.50. The number of methoxy groups -OCH3 is 3. The van der Waals surface area contributed by atoms with E-state index >= 15 is 0 Å². The summed E-state index contributed by atoms with van der Waals surface area (Å²) in [4.78, 5) is 1.04. The van der Waals surface area contributed by atoms with Gasteiger partial charge in [-0.05, 0) is 94.9 Å². The van der Waals surface area contributed by atoms with Gasteiger partial charge in [0, 0.05) is 10.5 Å². The summed E-state index contributed by atoms with van der Waals surface area (Å²) in [7, 11) is 4.94. The fourth-order valence-corrected chi connectivity index (χ4v) is 7.35. The number of benzene rings is 5. The van der Waals surface area contributed by atoms with Gasteiger partial charge in [-0.15, -0.1) is 11.8 Å². The highest BCUT2D eigenvalue weighted by atomic mass is 32.2. The van der Waals surface area contributed by atoms with Gasteiger partial charge in [-0.3, -0.25) is 0 Å². The molecule has 1 N–H and O–H groups in total. The van der Waals surface area contributed by atoms with Crippen LogP contribution >= 0.6 is 11.8 Å². The van der Waals surface area contributed by atoms with Crippen molar-refractivity contribution in [1.82, 2.24) is 0 Å². The Morgan fingerprint density at radius 1 is 0.711 bits per heavy atom. The van der Waals surface area contributed by atoms with Gasteiger partial charge in [0.05, 0.1) is 26.7 Å². The first kappa shape index (κ1) is 30.4. The molecule has 1 aliphatic carbocycles. The summed E-state index contributed by atoms with van der Waals surface area (Å²) in [5, 5.41) is 13.8. The SMILES string of the molecule is COc1ccc(C(O)(C#Cc2ccccc2SC)C2(c3ccccc3C)c3ccccc3Cc3cc(OC)c(OC)cc32)cc1. The smallest absolute Gasteiger partial charge is 0.169 e. The third kappa shape index (κ3) is 4.95. The largest absolute Gasteiger partial charge is 0.497 e. The van der Waals surface area contributed by atoms with E-state index in [4.69, 9.17) is 14.2 Å². The Morgan fingerprint density at radius 3 is 2.04 bits per heavy atom. The second-order valence-corrected chi connectivity index (χ2v) is 12.0. The number of rotatable bonds is 7. The maximum atomic E-state index is 13.8. The van der Waals surface area contributed by atoms with Crippen LogP contribution in [0.1, 0.15) is 44.5 Å². The average molecular weight is 613 g/mol. The van der Waals surface area contributed by atoms with Crippen LogP contribution in [0.15, 0.2) is 114 Å². The fourth-order valence-electron chi connectivity index (χ4n) is 6.80. The highest BCUT2D eigenvalue weighted by molar-refractivity contribution is 7.98. The first-order chi connectivity index (χ1) is 21.9. The minimum absolute atomic E-state index is 0.589. The highest BCUT2D eigenvalue weighted by Gasteiger charge is 2.58. The van der Waals surface area contributed by atoms with E-state index in [-0.39, 0.29) is 0 Å². The number of hydrogen-bond acceptors (Lipinski definition) is 5. The van der Waals surface area contributed by atoms with E-state index in [1.54, 1.807) is 33.1 Å². The second kappa shape index (κ2) is 12.4. The van der Waals surface area contributed by atoms with Crippen LogP contribution in [-0.2, 0) is 17.4 Å². The summed E-state index contributed by atoms with van der Waals surface area (Å²) in [6, 6.07) is 36.4. The normalized spacial score (nSPS) is 16.3. The molecular weight excluding hydrogens is 577 g/mol. The van der Waals surface area contributed by atoms with Crippen molar-refractivity contribution in [3.8, 4) is 29.1 Å². The van der Waals surface area contributed by atoms with Gasteiger partial charge < -0.3 is 19.3 Å². The lowest BCUT2D eigenvalue weighted by Crippen LogP contribution is -2.53. The van der Waals surface area contributed by atoms with E-state index in [1.165, 1.54) is 0 Å². The maximum Gasteiger partial charge on any atom is 0.169 e. The molecule has 1 aliphatic rings. The molecule has 2 atom stereocenters. The minimum Gasteiger partial charge on any atom is -0.497 e. The number of thioether (sulfide) groups is 1. The van der Waals surface area contributed by atoms with Gasteiger partial charge in [0.2, 0.25) is 0 Å². The van der Waals surface area contributed by atoms with Gasteiger partial charge in [-0.2, -0.15) is 0 Å². The lowest BCUT2D eigenvalue weighted by atomic mass is 9.53. The average Bonchev–Trinajstić information content (AvgIpc) is 3.09. The standard InChI is InChI=1S/C40H36O4S/c1-27-12-6-9-15-33(27)40(34-16-10-7-14-29(34)24-30-25-36(43-3)37(44-4)26-35(30)40)39(41,31-18-20-32(42-2)21-19-31)23-22-28-13-8-11-17-38(28)45-5/h6-21,25-26,41H,24H2,1-5H3. The summed E-state index contributed by atoms with van der Waals surface area (Å²) >= 11 is 1.64. The Morgan fingerprint density at radius 2 is 1.36 bits per heavy atom. The van der Waals surface area contributed by atoms with Gasteiger partial charge in [0.1, 0.15) is 5.75 Å². The predicted octanol–water partition coefficient (Wildman–Crippen LogP) is 7.92. The van der Waals surface area contributed by atoms with Crippen LogP contribution in [0.4, 0.5) is 0 Å². The van der Waals surface area contributed by atoms with Crippen LogP contribution in [0.25, 0.3) is 0 Å². The van der Waals surface area contributed by atoms with Crippen molar-refractivity contribution >= 4 is 11.8 Å². The molecule has 0 heterocycles. The van der Waals surface area contributed by atoms with Gasteiger partial charge in [0.15, 0.2) is 17.1 Å². The van der Waals surface area contributed by atoms with Gasteiger partial charge in [-0.1, -0.05) is 84.6 Å². The van der Waals surface area contributed by atoms with Crippen molar-refractivity contribution in [1.29, 1.82) is 0 Å². The van der Waals surface area contributed by atoms with E-state index < -0.39 is 11.0 Å². The molecule has 0 bridgehead atoms. The Labute approximate surface area is 270 Å². The van der Waals surface area contributed by atoms with Gasteiger partial charge in [-0.25, -0.2) is 0 Å². The number of aryl methyl sites for hydroxylation is 1. The van der Waals surface area contributed by atoms with Crippen molar-refractivity contribution in [2.75, 3.05) is 27.6 Å². The lowest BCUT2D eigenvalue weighted by molar-refractivity contribution is 0.0444. The molecule has 226 valence electrons. The highest BCUT2D eigenvalue weighted by Crippen LogP contribution is 2.58. The van der Waals surface area contributed by atoms with Crippen molar-refractivity contribution in [2.24, 2.45) is 0 Å². The zero-order chi connectivity index (χ0) is 31.6. The summed E-state index contributed by atoms with van der Waals surface area (Å²) in [5.41, 5.74) is 4.62. The third-order valence-electron chi connectivity index (χ3n) is 8.90. The number of aliphatic hydroxyl groups is 1. The zero-order valence-corrected chi connectivity index (χ0v) is 27.0. The van der Waals surface area contributed by atoms with Crippen molar-refractivity contribution < 1.29 is 19.3 Å². The summed E-state index contributed by atoms with van der Waals surface area (Å²) in [5.74, 6) is 8.88. The molecule has 6 rings (SSSR count). The van der Waals surface area contributed by atoms with E-state index in [1.807, 2.05) is 79.1 Å². The molecule has 0 amide bonds. The first-order valence-electron chi connectivity index (χ1n) is 14.8. The van der Waals surface area contributed by atoms with E-state index in [0.717, 1.165) is 43.8 Å². The molecule has 45 heavy (non-hydrogen) atoms. The van der Waals surface area contributed by atoms with Crippen molar-refractivity contribution in [3.63, 3.8) is 0 Å². The van der Waals surface area contributed by atoms with Crippen LogP contribution < -0.4 is 14.2 Å². The zero-order valence-electron chi connectivity index (χ0n) is 26.2. The third-order valence-corrected chi connectivity index (χ3v) is 9.70. The van der Waals surface area contributed by atoms with Crippen LogP contribution in [0.5, 0.6) is 17.2 Å². The van der Waals surface area contributed by atoms with E-state index in [2.05, 4.69) is 55.2 Å². The summed E-state index contributed by atoms with van der Waals surface area (Å²) < 4.78 is 17.2. The Bertz CT molecular complexity index is 1910. The van der Waals surface area contributed by atoms with Crippen molar-refractivity contribution in [2.45, 2.75) is 29.3 Å². The van der Waals surface area contributed by atoms with E-state index in [9.17, 15) is 5.11 Å². The maximum absolute atomic E-state index is 13.8. The summed E-state index contributed by atoms with van der Waals surface area (Å²) in [6.45, 7) is 2.10. The monoisotopic (exact) mass is 612 g/mol. The Balaban J connectivity index is 1.83. The molecule has 0 saturated carbocycles. The van der Waals surface area contributed by atoms with Gasteiger partial charge >= 0.3 is 0 Å². The van der Waals surface area contributed by atoms with Crippen LogP contribution in [-0.4, -0.2) is 32.7 Å². The van der Waals surface area contributed by atoms with Crippen LogP contribution in [0, 0.1) is 18.8 Å². The number of hydrogen-bond donors (Lipinski definition) is 1. The summed E-state index contributed by atoms with van der Waals surface area (Å²) in [6.07, 6.45) is 2.71. The van der Waals surface area contributed by atoms with Crippen LogP contribution in [0.2, 0.25) is 0 Å². The molecule has 4 nitrogen and oxygen atoms in total. The number of ether oxygens (including phenoxy) is 3. The van der Waals surface area contributed by atoms with Crippen molar-refractivity contribution in [3.05, 3.63) is 154 Å². The number of fused-ring (bicyclic) bond motifs is 2. The molecular formula is C40H36O4S. The molecule has 0 aliphatic heterocycles. The molecule has 5 aromatic carbocycles. The minimum atomic E-state index is -1.76. The molecule has 5 heteroatoms. The Hall–Kier alpha value is -4.63. The molecule has 0 radical (unpaired) electrons. The molecule has 0 spiro atoms. The van der Waals surface area contributed by atoms with Gasteiger partial charge in [0.25, 0.3) is 0 Å². The topological polar surface area (TPSA) is 47.9 Å². The molecule has 0 aromatic heterocycles. The van der Waals surface area contributed by atoms with E-state index in [0.29, 0.717) is 29.2 Å². The second-order valence-electron chi connectivity index (χ2n) is 11.2. The predicted molar refractivity (Wildman–Crippen MR) is 182 cm³/mol. The molecule has 2 unspecified atom stereocenters. The molecule has 0 fully saturated rings. The molecule has 5 aromatic rings. The Kier molecular flexibility index (Phi) is 8.38. The quantitative estimate of drug-likeness (QED) is 0.150.